The lowest BCUT2D eigenvalue weighted by molar-refractivity contribution is -0.137. The second-order valence-corrected chi connectivity index (χ2v) is 9.22. The maximum atomic E-state index is 13.4. The minimum Gasteiger partial charge on any atom is -0.437 e. The van der Waals surface area contributed by atoms with Crippen LogP contribution in [0.25, 0.3) is 21.5 Å². The summed E-state index contributed by atoms with van der Waals surface area (Å²) >= 11 is 1.28. The van der Waals surface area contributed by atoms with Crippen molar-refractivity contribution >= 4 is 44.2 Å². The molecule has 13 heteroatoms. The smallest absolute Gasteiger partial charge is 0.416 e. The van der Waals surface area contributed by atoms with Crippen molar-refractivity contribution in [3.63, 3.8) is 0 Å². The van der Waals surface area contributed by atoms with Gasteiger partial charge in [0.2, 0.25) is 17.7 Å². The van der Waals surface area contributed by atoms with Crippen LogP contribution in [-0.4, -0.2) is 39.4 Å². The van der Waals surface area contributed by atoms with Gasteiger partial charge < -0.3 is 20.7 Å². The van der Waals surface area contributed by atoms with Crippen molar-refractivity contribution in [2.24, 2.45) is 0 Å². The van der Waals surface area contributed by atoms with E-state index in [9.17, 15) is 22.8 Å². The number of benzene rings is 2. The van der Waals surface area contributed by atoms with Gasteiger partial charge in [-0.1, -0.05) is 23.5 Å². The number of rotatable bonds is 6. The lowest BCUT2D eigenvalue weighted by atomic mass is 10.0. The number of para-hydroxylation sites is 1. The minimum absolute atomic E-state index is 0.0280. The van der Waals surface area contributed by atoms with Gasteiger partial charge >= 0.3 is 6.18 Å². The van der Waals surface area contributed by atoms with Gasteiger partial charge in [-0.25, -0.2) is 15.0 Å². The quantitative estimate of drug-likeness (QED) is 0.328. The van der Waals surface area contributed by atoms with Crippen LogP contribution in [0.15, 0.2) is 48.8 Å². The molecule has 3 N–H and O–H groups in total. The van der Waals surface area contributed by atoms with E-state index in [1.807, 2.05) is 6.07 Å². The van der Waals surface area contributed by atoms with E-state index < -0.39 is 23.7 Å². The van der Waals surface area contributed by atoms with Crippen LogP contribution in [0.5, 0.6) is 11.6 Å². The molecule has 9 nitrogen and oxygen atoms in total. The number of hydrogen-bond acceptors (Lipinski definition) is 8. The molecule has 0 bridgehead atoms. The summed E-state index contributed by atoms with van der Waals surface area (Å²) in [5.41, 5.74) is 0.100. The van der Waals surface area contributed by atoms with Gasteiger partial charge in [0.1, 0.15) is 11.8 Å². The van der Waals surface area contributed by atoms with Gasteiger partial charge in [0, 0.05) is 18.6 Å². The molecule has 5 rings (SSSR count). The first-order chi connectivity index (χ1) is 17.7. The minimum atomic E-state index is -4.59. The lowest BCUT2D eigenvalue weighted by Gasteiger charge is -2.26. The Hall–Kier alpha value is -4.10. The highest BCUT2D eigenvalue weighted by molar-refractivity contribution is 7.22. The lowest BCUT2D eigenvalue weighted by Crippen LogP contribution is -2.50. The fourth-order valence-electron chi connectivity index (χ4n) is 3.64. The Labute approximate surface area is 212 Å². The van der Waals surface area contributed by atoms with E-state index in [-0.39, 0.29) is 28.7 Å². The van der Waals surface area contributed by atoms with Crippen LogP contribution in [0.3, 0.4) is 0 Å². The van der Waals surface area contributed by atoms with E-state index in [0.717, 1.165) is 16.8 Å². The van der Waals surface area contributed by atoms with Gasteiger partial charge in [-0.3, -0.25) is 9.59 Å². The van der Waals surface area contributed by atoms with Gasteiger partial charge in [0.05, 0.1) is 27.7 Å². The first kappa shape index (κ1) is 24.6. The number of carbonyl (C=O) groups excluding carboxylic acids is 2. The molecule has 4 aromatic rings. The number of hydrogen-bond donors (Lipinski definition) is 3. The molecule has 0 unspecified atom stereocenters. The molecule has 2 aromatic carbocycles. The number of halogens is 3. The number of alkyl halides is 3. The Bertz CT molecular complexity index is 1500. The monoisotopic (exact) mass is 528 g/mol. The molecule has 37 heavy (non-hydrogen) atoms. The average Bonchev–Trinajstić information content (AvgIpc) is 3.20. The molecule has 1 aliphatic rings. The Morgan fingerprint density at radius 1 is 1.14 bits per heavy atom. The highest BCUT2D eigenvalue weighted by Gasteiger charge is 2.32. The third kappa shape index (κ3) is 5.37. The number of carbonyl (C=O) groups is 2. The van der Waals surface area contributed by atoms with Gasteiger partial charge in [-0.2, -0.15) is 13.2 Å². The Morgan fingerprint density at radius 3 is 2.65 bits per heavy atom. The summed E-state index contributed by atoms with van der Waals surface area (Å²) in [6, 6.07) is 9.31. The first-order valence-corrected chi connectivity index (χ1v) is 11.9. The highest BCUT2D eigenvalue weighted by atomic mass is 32.1. The number of aromatic nitrogens is 3. The van der Waals surface area contributed by atoms with Crippen LogP contribution >= 0.6 is 11.3 Å². The second kappa shape index (κ2) is 9.75. The maximum Gasteiger partial charge on any atom is 0.416 e. The molecule has 1 aliphatic heterocycles. The summed E-state index contributed by atoms with van der Waals surface area (Å²) in [6.45, 7) is 2.05. The molecule has 1 fully saturated rings. The van der Waals surface area contributed by atoms with Crippen LogP contribution in [0, 0.1) is 0 Å². The average molecular weight is 529 g/mol. The zero-order chi connectivity index (χ0) is 26.2. The summed E-state index contributed by atoms with van der Waals surface area (Å²) in [6.07, 6.45) is -2.78. The summed E-state index contributed by atoms with van der Waals surface area (Å²) in [7, 11) is 0. The number of nitrogens with one attached hydrogen (secondary N) is 3. The third-order valence-corrected chi connectivity index (χ3v) is 6.48. The van der Waals surface area contributed by atoms with E-state index in [1.165, 1.54) is 36.7 Å². The molecule has 0 saturated carbocycles. The Kier molecular flexibility index (Phi) is 6.48. The van der Waals surface area contributed by atoms with Gasteiger partial charge in [-0.15, -0.1) is 0 Å². The van der Waals surface area contributed by atoms with Gasteiger partial charge in [0.15, 0.2) is 10.9 Å². The van der Waals surface area contributed by atoms with Crippen LogP contribution in [0.2, 0.25) is 0 Å². The zero-order valence-corrected chi connectivity index (χ0v) is 20.0. The summed E-state index contributed by atoms with van der Waals surface area (Å²) in [5, 5.41) is 8.56. The number of anilines is 2. The topological polar surface area (TPSA) is 118 Å². The second-order valence-electron chi connectivity index (χ2n) is 8.19. The maximum absolute atomic E-state index is 13.4. The number of thiazole rings is 1. The van der Waals surface area contributed by atoms with Crippen LogP contribution in [-0.2, 0) is 15.8 Å². The van der Waals surface area contributed by atoms with Crippen LogP contribution < -0.4 is 20.7 Å². The number of fused-ring (bicyclic) bond motifs is 1. The number of nitrogens with zero attached hydrogens (tertiary/aromatic N) is 3. The first-order valence-electron chi connectivity index (χ1n) is 11.1. The molecule has 190 valence electrons. The molecule has 3 heterocycles. The van der Waals surface area contributed by atoms with E-state index in [2.05, 4.69) is 30.9 Å². The van der Waals surface area contributed by atoms with Gasteiger partial charge in [-0.05, 0) is 37.2 Å². The van der Waals surface area contributed by atoms with Crippen molar-refractivity contribution in [3.05, 3.63) is 54.4 Å². The molecular formula is C24H19F3N6O3S. The molecule has 1 saturated heterocycles. The normalized spacial score (nSPS) is 15.2. The van der Waals surface area contributed by atoms with Crippen LogP contribution in [0.4, 0.5) is 24.0 Å². The zero-order valence-electron chi connectivity index (χ0n) is 19.2. The largest absolute Gasteiger partial charge is 0.437 e. The summed E-state index contributed by atoms with van der Waals surface area (Å²) < 4.78 is 46.9. The SMILES string of the molecule is CC(=O)Nc1nc2c(Oc3cc(-c4ccc(C(F)(F)F)cc4NC(=O)[C@@H]4CCN4)ncn3)cccc2s1. The van der Waals surface area contributed by atoms with Crippen molar-refractivity contribution in [2.45, 2.75) is 25.6 Å². The molecule has 2 aromatic heterocycles. The predicted octanol–water partition coefficient (Wildman–Crippen LogP) is 4.82. The van der Waals surface area contributed by atoms with E-state index in [0.29, 0.717) is 29.4 Å². The van der Waals surface area contributed by atoms with Crippen molar-refractivity contribution in [2.75, 3.05) is 17.2 Å². The predicted molar refractivity (Wildman–Crippen MR) is 132 cm³/mol. The summed E-state index contributed by atoms with van der Waals surface area (Å²) in [5.74, 6) is -0.201. The molecule has 0 spiro atoms. The molecule has 0 aliphatic carbocycles. The number of amides is 2. The molecule has 0 radical (unpaired) electrons. The molecular weight excluding hydrogens is 509 g/mol. The van der Waals surface area contributed by atoms with E-state index in [1.54, 1.807) is 12.1 Å². The fraction of sp³-hybridized carbons (Fsp3) is 0.208. The van der Waals surface area contributed by atoms with E-state index >= 15 is 0 Å². The summed E-state index contributed by atoms with van der Waals surface area (Å²) in [4.78, 5) is 36.6. The van der Waals surface area contributed by atoms with Crippen molar-refractivity contribution < 1.29 is 27.5 Å². The van der Waals surface area contributed by atoms with Crippen molar-refractivity contribution in [3.8, 4) is 22.9 Å². The number of ether oxygens (including phenoxy) is 1. The van der Waals surface area contributed by atoms with Gasteiger partial charge in [0.25, 0.3) is 0 Å². The fourth-order valence-corrected chi connectivity index (χ4v) is 4.57. The van der Waals surface area contributed by atoms with E-state index in [4.69, 9.17) is 4.74 Å². The standard InChI is InChI=1S/C24H19F3N6O3S/c1-12(34)31-23-33-21-18(3-2-4-19(21)37-23)36-20-10-16(29-11-30-20)14-6-5-13(24(25,26)27)9-17(14)32-22(35)15-7-8-28-15/h2-6,9-11,15,28H,7-8H2,1H3,(H,32,35)(H,31,33,34)/t15-/m0/s1. The molecule has 2 amide bonds. The molecule has 1 atom stereocenters. The highest BCUT2D eigenvalue weighted by Crippen LogP contribution is 2.38. The Balaban J connectivity index is 1.48. The Morgan fingerprint density at radius 2 is 1.95 bits per heavy atom. The van der Waals surface area contributed by atoms with Crippen molar-refractivity contribution in [1.29, 1.82) is 0 Å². The van der Waals surface area contributed by atoms with Crippen molar-refractivity contribution in [1.82, 2.24) is 20.3 Å². The third-order valence-electron chi connectivity index (χ3n) is 5.54. The van der Waals surface area contributed by atoms with Crippen LogP contribution in [0.1, 0.15) is 18.9 Å².